The van der Waals surface area contributed by atoms with E-state index in [1.807, 2.05) is 39.1 Å². The maximum absolute atomic E-state index is 12.8. The van der Waals surface area contributed by atoms with Crippen LogP contribution in [0.4, 0.5) is 13.2 Å². The zero-order valence-electron chi connectivity index (χ0n) is 20.3. The van der Waals surface area contributed by atoms with Crippen molar-refractivity contribution >= 4 is 34.4 Å². The summed E-state index contributed by atoms with van der Waals surface area (Å²) in [6.07, 6.45) is -3.86. The van der Waals surface area contributed by atoms with E-state index in [2.05, 4.69) is 10.3 Å². The minimum Gasteiger partial charge on any atom is -0.449 e. The lowest BCUT2D eigenvalue weighted by molar-refractivity contribution is -0.205. The number of carbonyl (C=O) groups excluding carboxylic acids is 2. The number of nitrogens with one attached hydrogen (secondary N) is 2. The second-order valence-corrected chi connectivity index (χ2v) is 8.95. The van der Waals surface area contributed by atoms with Crippen molar-refractivity contribution in [3.8, 4) is 0 Å². The zero-order valence-corrected chi connectivity index (χ0v) is 21.0. The van der Waals surface area contributed by atoms with Crippen LogP contribution >= 0.6 is 11.6 Å². The van der Waals surface area contributed by atoms with Gasteiger partial charge in [0.2, 0.25) is 0 Å². The fourth-order valence-electron chi connectivity index (χ4n) is 4.02. The number of halogens is 4. The number of alkyl halides is 3. The second-order valence-electron chi connectivity index (χ2n) is 8.51. The van der Waals surface area contributed by atoms with Crippen LogP contribution in [0.5, 0.6) is 0 Å². The quantitative estimate of drug-likeness (QED) is 0.336. The highest BCUT2D eigenvalue weighted by Gasteiger charge is 2.42. The van der Waals surface area contributed by atoms with Crippen molar-refractivity contribution < 1.29 is 27.5 Å². The number of amides is 1. The molecule has 0 aliphatic carbocycles. The number of fused-ring (bicyclic) bond motifs is 1. The first-order chi connectivity index (χ1) is 17.0. The molecule has 1 aromatic heterocycles. The lowest BCUT2D eigenvalue weighted by atomic mass is 10.0. The number of ether oxygens (including phenoxy) is 1. The summed E-state index contributed by atoms with van der Waals surface area (Å²) < 4.78 is 43.2. The Morgan fingerprint density at radius 2 is 1.86 bits per heavy atom. The van der Waals surface area contributed by atoms with E-state index >= 15 is 0 Å². The van der Waals surface area contributed by atoms with E-state index in [0.29, 0.717) is 35.7 Å². The van der Waals surface area contributed by atoms with Gasteiger partial charge in [0, 0.05) is 53.4 Å². The van der Waals surface area contributed by atoms with E-state index in [0.717, 1.165) is 16.5 Å². The van der Waals surface area contributed by atoms with Crippen molar-refractivity contribution in [2.75, 3.05) is 19.6 Å². The summed E-state index contributed by atoms with van der Waals surface area (Å²) in [6.45, 7) is 6.97. The molecule has 10 heteroatoms. The molecule has 3 rings (SSSR count). The lowest BCUT2D eigenvalue weighted by Crippen LogP contribution is -2.35. The van der Waals surface area contributed by atoms with Gasteiger partial charge in [-0.15, -0.1) is 0 Å². The van der Waals surface area contributed by atoms with Crippen LogP contribution in [-0.4, -0.2) is 53.6 Å². The molecule has 1 amide bonds. The third-order valence-electron chi connectivity index (χ3n) is 5.94. The van der Waals surface area contributed by atoms with Crippen molar-refractivity contribution in [3.63, 3.8) is 0 Å². The van der Waals surface area contributed by atoms with Gasteiger partial charge in [-0.2, -0.15) is 13.2 Å². The molecule has 0 unspecified atom stereocenters. The van der Waals surface area contributed by atoms with E-state index < -0.39 is 18.2 Å². The molecular weight excluding hydrogens is 495 g/mol. The summed E-state index contributed by atoms with van der Waals surface area (Å²) in [5, 5.41) is 4.44. The summed E-state index contributed by atoms with van der Waals surface area (Å²) in [5.41, 5.74) is 2.77. The van der Waals surface area contributed by atoms with Crippen LogP contribution in [0, 0.1) is 0 Å². The third-order valence-corrected chi connectivity index (χ3v) is 6.18. The van der Waals surface area contributed by atoms with Gasteiger partial charge >= 0.3 is 12.1 Å². The Bertz CT molecular complexity index is 1210. The Labute approximate surface area is 212 Å². The van der Waals surface area contributed by atoms with Gasteiger partial charge < -0.3 is 19.9 Å². The van der Waals surface area contributed by atoms with E-state index in [9.17, 15) is 22.8 Å². The first kappa shape index (κ1) is 27.5. The molecule has 0 radical (unpaired) electrons. The summed E-state index contributed by atoms with van der Waals surface area (Å²) in [7, 11) is 0. The van der Waals surface area contributed by atoms with Gasteiger partial charge in [-0.25, -0.2) is 4.79 Å². The van der Waals surface area contributed by atoms with Crippen molar-refractivity contribution in [2.24, 2.45) is 0 Å². The minimum absolute atomic E-state index is 0.0335. The molecule has 6 nitrogen and oxygen atoms in total. The molecule has 0 aliphatic rings. The van der Waals surface area contributed by atoms with Gasteiger partial charge in [-0.3, -0.25) is 4.79 Å². The molecule has 0 spiro atoms. The molecule has 0 saturated heterocycles. The number of H-pyrrole nitrogens is 1. The molecular formula is C26H29ClF3N3O3. The molecule has 2 N–H and O–H groups in total. The third kappa shape index (κ3) is 6.79. The summed E-state index contributed by atoms with van der Waals surface area (Å²) in [4.78, 5) is 29.1. The summed E-state index contributed by atoms with van der Waals surface area (Å²) in [6, 6.07) is 11.6. The number of hydrogen-bond donors (Lipinski definition) is 2. The van der Waals surface area contributed by atoms with Crippen LogP contribution in [0.3, 0.4) is 0 Å². The summed E-state index contributed by atoms with van der Waals surface area (Å²) in [5.74, 6) is -2.29. The van der Waals surface area contributed by atoms with Crippen molar-refractivity contribution in [1.82, 2.24) is 15.2 Å². The molecule has 2 aromatic carbocycles. The first-order valence-corrected chi connectivity index (χ1v) is 12.1. The Kier molecular flexibility index (Phi) is 9.03. The van der Waals surface area contributed by atoms with Crippen molar-refractivity contribution in [1.29, 1.82) is 0 Å². The average Bonchev–Trinajstić information content (AvgIpc) is 3.23. The van der Waals surface area contributed by atoms with E-state index in [1.54, 1.807) is 29.2 Å². The first-order valence-electron chi connectivity index (χ1n) is 11.7. The van der Waals surface area contributed by atoms with E-state index in [4.69, 9.17) is 16.3 Å². The predicted molar refractivity (Wildman–Crippen MR) is 133 cm³/mol. The number of nitrogens with zero attached hydrogens (tertiary/aromatic N) is 1. The Morgan fingerprint density at radius 3 is 2.50 bits per heavy atom. The molecule has 0 fully saturated rings. The monoisotopic (exact) mass is 523 g/mol. The highest BCUT2D eigenvalue weighted by Crippen LogP contribution is 2.26. The molecule has 0 saturated carbocycles. The highest BCUT2D eigenvalue weighted by molar-refractivity contribution is 6.30. The van der Waals surface area contributed by atoms with E-state index in [1.165, 1.54) is 6.07 Å². The Balaban J connectivity index is 1.70. The number of aromatic amines is 1. The second kappa shape index (κ2) is 11.8. The maximum atomic E-state index is 12.8. The van der Waals surface area contributed by atoms with Gasteiger partial charge in [0.25, 0.3) is 5.91 Å². The topological polar surface area (TPSA) is 74.4 Å². The Hall–Kier alpha value is -3.04. The normalized spacial score (nSPS) is 13.4. The maximum Gasteiger partial charge on any atom is 0.490 e. The number of benzene rings is 2. The van der Waals surface area contributed by atoms with Crippen LogP contribution < -0.4 is 5.32 Å². The Morgan fingerprint density at radius 1 is 1.14 bits per heavy atom. The van der Waals surface area contributed by atoms with E-state index in [-0.39, 0.29) is 18.5 Å². The van der Waals surface area contributed by atoms with Crippen molar-refractivity contribution in [3.05, 3.63) is 70.4 Å². The molecule has 3 aromatic rings. The fraction of sp³-hybridized carbons (Fsp3) is 0.385. The molecule has 0 aliphatic heterocycles. The van der Waals surface area contributed by atoms with Crippen LogP contribution in [0.25, 0.3) is 10.9 Å². The molecule has 36 heavy (non-hydrogen) atoms. The molecule has 194 valence electrons. The lowest BCUT2D eigenvalue weighted by Gasteiger charge is -2.22. The predicted octanol–water partition coefficient (Wildman–Crippen LogP) is 5.67. The molecule has 2 atom stereocenters. The SMILES string of the molecule is CCN(CC)C(=O)c1ccc2c(C[C@@H](C)NC[C@H](OC(=O)C(F)(F)F)c3cccc(Cl)c3)c[nH]c2c1. The number of rotatable bonds is 10. The van der Waals surface area contributed by atoms with Gasteiger partial charge in [-0.1, -0.05) is 29.8 Å². The molecule has 1 heterocycles. The largest absolute Gasteiger partial charge is 0.490 e. The minimum atomic E-state index is -5.10. The zero-order chi connectivity index (χ0) is 26.5. The van der Waals surface area contributed by atoms with Crippen molar-refractivity contribution in [2.45, 2.75) is 45.5 Å². The smallest absolute Gasteiger partial charge is 0.449 e. The van der Waals surface area contributed by atoms with Gasteiger partial charge in [0.15, 0.2) is 0 Å². The van der Waals surface area contributed by atoms with Crippen LogP contribution in [0.2, 0.25) is 5.02 Å². The van der Waals surface area contributed by atoms with Gasteiger partial charge in [-0.05, 0) is 62.6 Å². The number of aromatic nitrogens is 1. The van der Waals surface area contributed by atoms with Crippen LogP contribution in [-0.2, 0) is 16.0 Å². The van der Waals surface area contributed by atoms with Gasteiger partial charge in [0.05, 0.1) is 0 Å². The van der Waals surface area contributed by atoms with Crippen LogP contribution in [0.15, 0.2) is 48.7 Å². The number of hydrogen-bond acceptors (Lipinski definition) is 4. The fourth-order valence-corrected chi connectivity index (χ4v) is 4.22. The molecule has 0 bridgehead atoms. The highest BCUT2D eigenvalue weighted by atomic mass is 35.5. The average molecular weight is 524 g/mol. The standard InChI is InChI=1S/C26H29ClF3N3O3/c1-4-33(5-2)24(34)18-9-10-21-19(14-32-22(21)13-18)11-16(3)31-15-23(36-25(35)26(28,29)30)17-7-6-8-20(27)12-17/h6-10,12-14,16,23,31-32H,4-5,11,15H2,1-3H3/t16-,23+/m1/s1. The van der Waals surface area contributed by atoms with Gasteiger partial charge in [0.1, 0.15) is 6.10 Å². The summed E-state index contributed by atoms with van der Waals surface area (Å²) >= 11 is 5.98. The number of esters is 1. The van der Waals surface area contributed by atoms with Crippen LogP contribution in [0.1, 0.15) is 48.4 Å². The number of carbonyl (C=O) groups is 2.